The summed E-state index contributed by atoms with van der Waals surface area (Å²) in [6, 6.07) is 8.94. The maximum Gasteiger partial charge on any atom is 0.323 e. The minimum Gasteiger partial charge on any atom is -0.480 e. The molecule has 0 saturated heterocycles. The van der Waals surface area contributed by atoms with Gasteiger partial charge in [-0.15, -0.1) is 10.2 Å². The molecule has 7 heteroatoms. The highest BCUT2D eigenvalue weighted by Crippen LogP contribution is 2.29. The SMILES string of the molecule is Cc1cc(-c2nnc(-c3ccc(Cl)cc3)o2)c(C)n1CC(=O)O. The number of benzene rings is 1. The van der Waals surface area contributed by atoms with E-state index in [1.54, 1.807) is 28.8 Å². The first kappa shape index (κ1) is 15.3. The molecule has 2 aromatic heterocycles. The second kappa shape index (κ2) is 5.89. The molecule has 3 aromatic rings. The van der Waals surface area contributed by atoms with Gasteiger partial charge in [0.2, 0.25) is 11.8 Å². The van der Waals surface area contributed by atoms with Crippen LogP contribution in [0.2, 0.25) is 5.02 Å². The molecular formula is C16H14ClN3O3. The number of halogens is 1. The Morgan fingerprint density at radius 3 is 2.52 bits per heavy atom. The molecule has 0 aliphatic carbocycles. The molecule has 0 fully saturated rings. The summed E-state index contributed by atoms with van der Waals surface area (Å²) in [5.41, 5.74) is 3.10. The molecular weight excluding hydrogens is 318 g/mol. The lowest BCUT2D eigenvalue weighted by atomic mass is 10.2. The summed E-state index contributed by atoms with van der Waals surface area (Å²) in [5, 5.41) is 17.7. The zero-order valence-electron chi connectivity index (χ0n) is 12.6. The largest absolute Gasteiger partial charge is 0.480 e. The number of hydrogen-bond acceptors (Lipinski definition) is 4. The Hall–Kier alpha value is -2.60. The van der Waals surface area contributed by atoms with E-state index < -0.39 is 5.97 Å². The van der Waals surface area contributed by atoms with Gasteiger partial charge in [0.1, 0.15) is 6.54 Å². The summed E-state index contributed by atoms with van der Waals surface area (Å²) in [6.45, 7) is 3.57. The predicted molar refractivity (Wildman–Crippen MR) is 85.3 cm³/mol. The number of aliphatic carboxylic acids is 1. The van der Waals surface area contributed by atoms with Crippen molar-refractivity contribution in [3.8, 4) is 22.9 Å². The number of aromatic nitrogens is 3. The highest BCUT2D eigenvalue weighted by molar-refractivity contribution is 6.30. The molecule has 0 aliphatic rings. The molecule has 23 heavy (non-hydrogen) atoms. The maximum atomic E-state index is 11.0. The Kier molecular flexibility index (Phi) is 3.92. The Labute approximate surface area is 137 Å². The van der Waals surface area contributed by atoms with Crippen LogP contribution in [0, 0.1) is 13.8 Å². The average molecular weight is 332 g/mol. The number of carboxylic acid groups (broad SMARTS) is 1. The number of rotatable bonds is 4. The van der Waals surface area contributed by atoms with Crippen molar-refractivity contribution >= 4 is 17.6 Å². The molecule has 1 aromatic carbocycles. The quantitative estimate of drug-likeness (QED) is 0.790. The van der Waals surface area contributed by atoms with Crippen LogP contribution in [0.5, 0.6) is 0 Å². The summed E-state index contributed by atoms with van der Waals surface area (Å²) in [7, 11) is 0. The van der Waals surface area contributed by atoms with E-state index in [4.69, 9.17) is 21.1 Å². The van der Waals surface area contributed by atoms with Crippen LogP contribution < -0.4 is 0 Å². The van der Waals surface area contributed by atoms with Crippen LogP contribution in [0.15, 0.2) is 34.7 Å². The van der Waals surface area contributed by atoms with E-state index in [9.17, 15) is 4.79 Å². The Bertz CT molecular complexity index is 865. The minimum absolute atomic E-state index is 0.101. The summed E-state index contributed by atoms with van der Waals surface area (Å²) in [5.74, 6) is -0.148. The van der Waals surface area contributed by atoms with Crippen molar-refractivity contribution in [3.05, 3.63) is 46.7 Å². The van der Waals surface area contributed by atoms with E-state index in [-0.39, 0.29) is 6.54 Å². The van der Waals surface area contributed by atoms with Crippen molar-refractivity contribution in [1.82, 2.24) is 14.8 Å². The van der Waals surface area contributed by atoms with Gasteiger partial charge in [0.15, 0.2) is 0 Å². The molecule has 0 bridgehead atoms. The van der Waals surface area contributed by atoms with E-state index in [0.29, 0.717) is 16.8 Å². The van der Waals surface area contributed by atoms with Crippen LogP contribution in [-0.2, 0) is 11.3 Å². The van der Waals surface area contributed by atoms with Gasteiger partial charge in [0, 0.05) is 22.0 Å². The van der Waals surface area contributed by atoms with Crippen molar-refractivity contribution in [3.63, 3.8) is 0 Å². The first-order valence-corrected chi connectivity index (χ1v) is 7.32. The molecule has 0 spiro atoms. The third-order valence-electron chi connectivity index (χ3n) is 3.61. The summed E-state index contributed by atoms with van der Waals surface area (Å²) >= 11 is 5.87. The molecule has 0 radical (unpaired) electrons. The van der Waals surface area contributed by atoms with Crippen LogP contribution >= 0.6 is 11.6 Å². The second-order valence-electron chi connectivity index (χ2n) is 5.18. The number of aryl methyl sites for hydroxylation is 1. The topological polar surface area (TPSA) is 81.2 Å². The molecule has 2 heterocycles. The molecule has 0 atom stereocenters. The van der Waals surface area contributed by atoms with Crippen LogP contribution in [0.3, 0.4) is 0 Å². The minimum atomic E-state index is -0.897. The standard InChI is InChI=1S/C16H14ClN3O3/c1-9-7-13(10(2)20(9)8-14(21)22)16-19-18-15(23-16)11-3-5-12(17)6-4-11/h3-7H,8H2,1-2H3,(H,21,22). The number of carbonyl (C=O) groups is 1. The summed E-state index contributed by atoms with van der Waals surface area (Å²) < 4.78 is 7.42. The van der Waals surface area contributed by atoms with Crippen LogP contribution in [0.25, 0.3) is 22.9 Å². The van der Waals surface area contributed by atoms with E-state index in [2.05, 4.69) is 10.2 Å². The van der Waals surface area contributed by atoms with Gasteiger partial charge in [-0.3, -0.25) is 4.79 Å². The smallest absolute Gasteiger partial charge is 0.323 e. The van der Waals surface area contributed by atoms with Crippen molar-refractivity contribution < 1.29 is 14.3 Å². The van der Waals surface area contributed by atoms with E-state index in [1.807, 2.05) is 19.9 Å². The molecule has 0 unspecified atom stereocenters. The van der Waals surface area contributed by atoms with Gasteiger partial charge >= 0.3 is 5.97 Å². The second-order valence-corrected chi connectivity index (χ2v) is 5.62. The van der Waals surface area contributed by atoms with Crippen LogP contribution in [0.1, 0.15) is 11.4 Å². The van der Waals surface area contributed by atoms with Gasteiger partial charge in [-0.1, -0.05) is 11.6 Å². The first-order valence-electron chi connectivity index (χ1n) is 6.94. The predicted octanol–water partition coefficient (Wildman–Crippen LogP) is 3.56. The molecule has 6 nitrogen and oxygen atoms in total. The number of nitrogens with zero attached hydrogens (tertiary/aromatic N) is 3. The van der Waals surface area contributed by atoms with Gasteiger partial charge < -0.3 is 14.1 Å². The Balaban J connectivity index is 1.97. The fourth-order valence-corrected chi connectivity index (χ4v) is 2.56. The molecule has 3 rings (SSSR count). The third-order valence-corrected chi connectivity index (χ3v) is 3.87. The fraction of sp³-hybridized carbons (Fsp3) is 0.188. The van der Waals surface area contributed by atoms with Crippen LogP contribution in [-0.4, -0.2) is 25.8 Å². The van der Waals surface area contributed by atoms with Gasteiger partial charge in [-0.25, -0.2) is 0 Å². The van der Waals surface area contributed by atoms with Crippen molar-refractivity contribution in [2.75, 3.05) is 0 Å². The maximum absolute atomic E-state index is 11.0. The molecule has 0 aliphatic heterocycles. The first-order chi connectivity index (χ1) is 11.0. The normalized spacial score (nSPS) is 10.9. The third kappa shape index (κ3) is 2.98. The summed E-state index contributed by atoms with van der Waals surface area (Å²) in [6.07, 6.45) is 0. The van der Waals surface area contributed by atoms with Gasteiger partial charge in [-0.2, -0.15) is 0 Å². The van der Waals surface area contributed by atoms with Crippen molar-refractivity contribution in [1.29, 1.82) is 0 Å². The van der Waals surface area contributed by atoms with E-state index in [0.717, 1.165) is 22.5 Å². The van der Waals surface area contributed by atoms with E-state index in [1.165, 1.54) is 0 Å². The van der Waals surface area contributed by atoms with Gasteiger partial charge in [0.25, 0.3) is 0 Å². The monoisotopic (exact) mass is 331 g/mol. The number of carboxylic acids is 1. The lowest BCUT2D eigenvalue weighted by molar-refractivity contribution is -0.137. The van der Waals surface area contributed by atoms with Crippen molar-refractivity contribution in [2.24, 2.45) is 0 Å². The van der Waals surface area contributed by atoms with Gasteiger partial charge in [0.05, 0.1) is 5.56 Å². The lowest BCUT2D eigenvalue weighted by Gasteiger charge is -2.05. The highest BCUT2D eigenvalue weighted by atomic mass is 35.5. The molecule has 118 valence electrons. The molecule has 1 N–H and O–H groups in total. The van der Waals surface area contributed by atoms with Crippen molar-refractivity contribution in [2.45, 2.75) is 20.4 Å². The number of hydrogen-bond donors (Lipinski definition) is 1. The zero-order chi connectivity index (χ0) is 16.6. The highest BCUT2D eigenvalue weighted by Gasteiger charge is 2.18. The zero-order valence-corrected chi connectivity index (χ0v) is 13.3. The van der Waals surface area contributed by atoms with Gasteiger partial charge in [-0.05, 0) is 44.2 Å². The molecule has 0 amide bonds. The van der Waals surface area contributed by atoms with E-state index >= 15 is 0 Å². The Morgan fingerprint density at radius 2 is 1.87 bits per heavy atom. The average Bonchev–Trinajstić information content (AvgIpc) is 3.08. The molecule has 0 saturated carbocycles. The summed E-state index contributed by atoms with van der Waals surface area (Å²) in [4.78, 5) is 11.0. The Morgan fingerprint density at radius 1 is 1.22 bits per heavy atom. The fourth-order valence-electron chi connectivity index (χ4n) is 2.44. The lowest BCUT2D eigenvalue weighted by Crippen LogP contribution is -2.11. The van der Waals surface area contributed by atoms with Crippen LogP contribution in [0.4, 0.5) is 0 Å².